The summed E-state index contributed by atoms with van der Waals surface area (Å²) in [6.45, 7) is 4.41. The van der Waals surface area contributed by atoms with Crippen molar-refractivity contribution in [1.82, 2.24) is 20.2 Å². The summed E-state index contributed by atoms with van der Waals surface area (Å²) >= 11 is 0. The molecule has 1 atom stereocenters. The number of hydrogen-bond donors (Lipinski definition) is 1. The lowest BCUT2D eigenvalue weighted by molar-refractivity contribution is -0.126. The smallest absolute Gasteiger partial charge is 0.237 e. The van der Waals surface area contributed by atoms with Crippen molar-refractivity contribution in [3.05, 3.63) is 59.7 Å². The normalized spacial score (nSPS) is 17.5. The summed E-state index contributed by atoms with van der Waals surface area (Å²) in [6, 6.07) is 8.30. The third kappa shape index (κ3) is 3.74. The van der Waals surface area contributed by atoms with Crippen LogP contribution in [0.1, 0.15) is 23.7 Å². The fourth-order valence-corrected chi connectivity index (χ4v) is 3.06. The third-order valence-electron chi connectivity index (χ3n) is 4.35. The van der Waals surface area contributed by atoms with Crippen LogP contribution in [0.4, 0.5) is 0 Å². The Kier molecular flexibility index (Phi) is 4.98. The monoisotopic (exact) mass is 310 g/mol. The zero-order valence-electron chi connectivity index (χ0n) is 13.4. The van der Waals surface area contributed by atoms with Gasteiger partial charge in [-0.05, 0) is 24.1 Å². The van der Waals surface area contributed by atoms with E-state index in [1.807, 2.05) is 6.07 Å². The minimum absolute atomic E-state index is 0.0863. The molecule has 3 rings (SSSR count). The summed E-state index contributed by atoms with van der Waals surface area (Å²) in [5, 5.41) is 3.05. The van der Waals surface area contributed by atoms with Gasteiger partial charge in [-0.1, -0.05) is 31.2 Å². The molecule has 1 N–H and O–H groups in total. The van der Waals surface area contributed by atoms with E-state index < -0.39 is 0 Å². The van der Waals surface area contributed by atoms with Gasteiger partial charge in [-0.3, -0.25) is 19.7 Å². The van der Waals surface area contributed by atoms with Gasteiger partial charge in [-0.25, -0.2) is 0 Å². The second kappa shape index (κ2) is 7.33. The standard InChI is InChI=1S/C18H22N4O/c1-2-22-13-15-6-4-3-5-14(15)11-17(22)18(23)21-8-7-16-12-19-9-10-20-16/h3-6,9-10,12,17H,2,7-8,11,13H2,1H3,(H,21,23)/t17-/m0/s1. The van der Waals surface area contributed by atoms with E-state index in [0.717, 1.165) is 25.2 Å². The number of nitrogens with zero attached hydrogens (tertiary/aromatic N) is 3. The molecule has 1 aromatic heterocycles. The second-order valence-electron chi connectivity index (χ2n) is 5.79. The topological polar surface area (TPSA) is 58.1 Å². The van der Waals surface area contributed by atoms with Crippen LogP contribution < -0.4 is 5.32 Å². The van der Waals surface area contributed by atoms with Crippen molar-refractivity contribution in [2.75, 3.05) is 13.1 Å². The Morgan fingerprint density at radius 1 is 1.30 bits per heavy atom. The number of nitrogens with one attached hydrogen (secondary N) is 1. The number of carbonyl (C=O) groups excluding carboxylic acids is 1. The first-order valence-electron chi connectivity index (χ1n) is 8.11. The highest BCUT2D eigenvalue weighted by Crippen LogP contribution is 2.23. The molecule has 5 heteroatoms. The molecule has 0 radical (unpaired) electrons. The molecular formula is C18H22N4O. The van der Waals surface area contributed by atoms with Crippen molar-refractivity contribution >= 4 is 5.91 Å². The van der Waals surface area contributed by atoms with Gasteiger partial charge in [0.05, 0.1) is 11.7 Å². The maximum absolute atomic E-state index is 12.6. The molecule has 0 aliphatic carbocycles. The highest BCUT2D eigenvalue weighted by Gasteiger charge is 2.29. The van der Waals surface area contributed by atoms with Gasteiger partial charge in [0.25, 0.3) is 0 Å². The number of rotatable bonds is 5. The molecule has 120 valence electrons. The first-order chi connectivity index (χ1) is 11.3. The van der Waals surface area contributed by atoms with Crippen molar-refractivity contribution < 1.29 is 4.79 Å². The zero-order valence-corrected chi connectivity index (χ0v) is 13.4. The van der Waals surface area contributed by atoms with E-state index in [1.54, 1.807) is 18.6 Å². The average Bonchev–Trinajstić information content (AvgIpc) is 2.61. The Bertz CT molecular complexity index is 659. The lowest BCUT2D eigenvalue weighted by atomic mass is 9.93. The van der Waals surface area contributed by atoms with Crippen molar-refractivity contribution in [3.63, 3.8) is 0 Å². The molecule has 0 bridgehead atoms. The highest BCUT2D eigenvalue weighted by molar-refractivity contribution is 5.82. The number of likely N-dealkylation sites (N-methyl/N-ethyl adjacent to an activating group) is 1. The SMILES string of the molecule is CCN1Cc2ccccc2C[C@H]1C(=O)NCCc1cnccn1. The third-order valence-corrected chi connectivity index (χ3v) is 4.35. The van der Waals surface area contributed by atoms with Crippen LogP contribution in [0.2, 0.25) is 0 Å². The molecule has 1 amide bonds. The lowest BCUT2D eigenvalue weighted by Crippen LogP contribution is -2.50. The predicted molar refractivity (Wildman–Crippen MR) is 88.8 cm³/mol. The largest absolute Gasteiger partial charge is 0.354 e. The molecule has 0 saturated heterocycles. The molecule has 1 aliphatic rings. The van der Waals surface area contributed by atoms with E-state index in [2.05, 4.69) is 45.3 Å². The van der Waals surface area contributed by atoms with Gasteiger partial charge in [0.2, 0.25) is 5.91 Å². The van der Waals surface area contributed by atoms with Crippen molar-refractivity contribution in [1.29, 1.82) is 0 Å². The van der Waals surface area contributed by atoms with Gasteiger partial charge in [-0.15, -0.1) is 0 Å². The van der Waals surface area contributed by atoms with Gasteiger partial charge in [-0.2, -0.15) is 0 Å². The number of hydrogen-bond acceptors (Lipinski definition) is 4. The molecule has 2 heterocycles. The van der Waals surface area contributed by atoms with Crippen molar-refractivity contribution in [2.45, 2.75) is 32.4 Å². The highest BCUT2D eigenvalue weighted by atomic mass is 16.2. The second-order valence-corrected chi connectivity index (χ2v) is 5.79. The lowest BCUT2D eigenvalue weighted by Gasteiger charge is -2.35. The fraction of sp³-hybridized carbons (Fsp3) is 0.389. The van der Waals surface area contributed by atoms with Gasteiger partial charge in [0, 0.05) is 38.1 Å². The Morgan fingerprint density at radius 2 is 2.13 bits per heavy atom. The number of aromatic nitrogens is 2. The van der Waals surface area contributed by atoms with Gasteiger partial charge >= 0.3 is 0 Å². The molecule has 1 aliphatic heterocycles. The molecular weight excluding hydrogens is 288 g/mol. The van der Waals surface area contributed by atoms with Crippen molar-refractivity contribution in [2.24, 2.45) is 0 Å². The van der Waals surface area contributed by atoms with Gasteiger partial charge < -0.3 is 5.32 Å². The van der Waals surface area contributed by atoms with Crippen LogP contribution in [-0.2, 0) is 24.2 Å². The van der Waals surface area contributed by atoms with Crippen LogP contribution in [0, 0.1) is 0 Å². The Hall–Kier alpha value is -2.27. The maximum atomic E-state index is 12.6. The molecule has 0 saturated carbocycles. The zero-order chi connectivity index (χ0) is 16.1. The van der Waals surface area contributed by atoms with E-state index in [4.69, 9.17) is 0 Å². The summed E-state index contributed by atoms with van der Waals surface area (Å²) in [7, 11) is 0. The summed E-state index contributed by atoms with van der Waals surface area (Å²) in [6.07, 6.45) is 6.55. The molecule has 0 unspecified atom stereocenters. The van der Waals surface area contributed by atoms with E-state index in [0.29, 0.717) is 13.0 Å². The quantitative estimate of drug-likeness (QED) is 0.911. The van der Waals surface area contributed by atoms with Crippen LogP contribution in [0.5, 0.6) is 0 Å². The minimum Gasteiger partial charge on any atom is -0.354 e. The summed E-state index contributed by atoms with van der Waals surface area (Å²) in [4.78, 5) is 23.1. The number of benzene rings is 1. The maximum Gasteiger partial charge on any atom is 0.237 e. The Morgan fingerprint density at radius 3 is 2.87 bits per heavy atom. The number of carbonyl (C=O) groups is 1. The summed E-state index contributed by atoms with van der Waals surface area (Å²) < 4.78 is 0. The molecule has 5 nitrogen and oxygen atoms in total. The molecule has 23 heavy (non-hydrogen) atoms. The number of amides is 1. The minimum atomic E-state index is -0.0863. The van der Waals surface area contributed by atoms with Crippen LogP contribution >= 0.6 is 0 Å². The van der Waals surface area contributed by atoms with E-state index in [-0.39, 0.29) is 11.9 Å². The van der Waals surface area contributed by atoms with E-state index in [9.17, 15) is 4.79 Å². The predicted octanol–water partition coefficient (Wildman–Crippen LogP) is 1.58. The molecule has 0 spiro atoms. The van der Waals surface area contributed by atoms with Crippen LogP contribution in [0.25, 0.3) is 0 Å². The fourth-order valence-electron chi connectivity index (χ4n) is 3.06. The Labute approximate surface area is 136 Å². The molecule has 0 fully saturated rings. The first kappa shape index (κ1) is 15.6. The molecule has 1 aromatic carbocycles. The van der Waals surface area contributed by atoms with Crippen molar-refractivity contribution in [3.8, 4) is 0 Å². The van der Waals surface area contributed by atoms with Crippen LogP contribution in [-0.4, -0.2) is 39.9 Å². The summed E-state index contributed by atoms with van der Waals surface area (Å²) in [5.74, 6) is 0.102. The van der Waals surface area contributed by atoms with E-state index >= 15 is 0 Å². The first-order valence-corrected chi connectivity index (χ1v) is 8.11. The Balaban J connectivity index is 1.60. The van der Waals surface area contributed by atoms with E-state index in [1.165, 1.54) is 11.1 Å². The summed E-state index contributed by atoms with van der Waals surface area (Å²) in [5.41, 5.74) is 3.51. The average molecular weight is 310 g/mol. The van der Waals surface area contributed by atoms with Gasteiger partial charge in [0.15, 0.2) is 0 Å². The number of fused-ring (bicyclic) bond motifs is 1. The van der Waals surface area contributed by atoms with Gasteiger partial charge in [0.1, 0.15) is 0 Å². The molecule has 2 aromatic rings. The van der Waals surface area contributed by atoms with Crippen LogP contribution in [0.3, 0.4) is 0 Å². The van der Waals surface area contributed by atoms with Crippen LogP contribution in [0.15, 0.2) is 42.9 Å².